The zero-order chi connectivity index (χ0) is 13.5. The Balaban J connectivity index is 2.04. The largest absolute Gasteiger partial charge is 0.480 e. The average Bonchev–Trinajstić information content (AvgIpc) is 2.36. The van der Waals surface area contributed by atoms with E-state index in [1.54, 1.807) is 12.1 Å². The standard InChI is InChI=1S/C15H12O4/c16-13(15(14(17)18)8-19-9-15)12-6-5-10-3-1-2-4-11(10)7-12/h1-7H,8-9H2,(H,17,18). The first-order valence-electron chi connectivity index (χ1n) is 5.98. The Labute approximate surface area is 109 Å². The lowest BCUT2D eigenvalue weighted by Gasteiger charge is -2.35. The Hall–Kier alpha value is -2.20. The third-order valence-electron chi connectivity index (χ3n) is 3.55. The number of carbonyl (C=O) groups is 2. The number of rotatable bonds is 3. The van der Waals surface area contributed by atoms with Crippen LogP contribution in [0.1, 0.15) is 10.4 Å². The number of hydrogen-bond acceptors (Lipinski definition) is 3. The van der Waals surface area contributed by atoms with Crippen LogP contribution >= 0.6 is 0 Å². The fourth-order valence-corrected chi connectivity index (χ4v) is 2.26. The van der Waals surface area contributed by atoms with Crippen molar-refractivity contribution in [3.63, 3.8) is 0 Å². The van der Waals surface area contributed by atoms with Gasteiger partial charge in [-0.05, 0) is 16.8 Å². The Kier molecular flexibility index (Phi) is 2.61. The van der Waals surface area contributed by atoms with Crippen molar-refractivity contribution in [3.05, 3.63) is 48.0 Å². The van der Waals surface area contributed by atoms with E-state index in [1.165, 1.54) is 0 Å². The first kappa shape index (κ1) is 11.9. The molecule has 1 N–H and O–H groups in total. The predicted molar refractivity (Wildman–Crippen MR) is 69.2 cm³/mol. The van der Waals surface area contributed by atoms with Gasteiger partial charge in [0.1, 0.15) is 0 Å². The fourth-order valence-electron chi connectivity index (χ4n) is 2.26. The number of aliphatic carboxylic acids is 1. The van der Waals surface area contributed by atoms with Crippen LogP contribution in [-0.2, 0) is 9.53 Å². The molecule has 0 atom stereocenters. The van der Waals surface area contributed by atoms with Crippen molar-refractivity contribution in [2.75, 3.05) is 13.2 Å². The van der Waals surface area contributed by atoms with E-state index in [1.807, 2.05) is 30.3 Å². The average molecular weight is 256 g/mol. The van der Waals surface area contributed by atoms with Crippen LogP contribution in [0.4, 0.5) is 0 Å². The molecule has 1 aliphatic heterocycles. The van der Waals surface area contributed by atoms with Crippen LogP contribution in [0, 0.1) is 5.41 Å². The Morgan fingerprint density at radius 1 is 1.05 bits per heavy atom. The second-order valence-electron chi connectivity index (χ2n) is 4.77. The van der Waals surface area contributed by atoms with Crippen molar-refractivity contribution < 1.29 is 19.4 Å². The third-order valence-corrected chi connectivity index (χ3v) is 3.55. The van der Waals surface area contributed by atoms with E-state index >= 15 is 0 Å². The van der Waals surface area contributed by atoms with Gasteiger partial charge in [-0.3, -0.25) is 9.59 Å². The number of carbonyl (C=O) groups excluding carboxylic acids is 1. The molecule has 1 heterocycles. The summed E-state index contributed by atoms with van der Waals surface area (Å²) < 4.78 is 4.93. The SMILES string of the molecule is O=C(O)C1(C(=O)c2ccc3ccccc3c2)COC1. The van der Waals surface area contributed by atoms with E-state index < -0.39 is 11.4 Å². The van der Waals surface area contributed by atoms with Gasteiger partial charge in [0, 0.05) is 5.56 Å². The first-order valence-corrected chi connectivity index (χ1v) is 5.98. The number of hydrogen-bond donors (Lipinski definition) is 1. The number of ether oxygens (including phenoxy) is 1. The second-order valence-corrected chi connectivity index (χ2v) is 4.77. The normalized spacial score (nSPS) is 16.8. The van der Waals surface area contributed by atoms with Gasteiger partial charge in [0.05, 0.1) is 13.2 Å². The number of Topliss-reactive ketones (excluding diaryl/α,β-unsaturated/α-hetero) is 1. The molecule has 4 heteroatoms. The van der Waals surface area contributed by atoms with Crippen molar-refractivity contribution in [3.8, 4) is 0 Å². The smallest absolute Gasteiger partial charge is 0.322 e. The first-order chi connectivity index (χ1) is 9.13. The Morgan fingerprint density at radius 2 is 1.74 bits per heavy atom. The molecule has 3 rings (SSSR count). The maximum Gasteiger partial charge on any atom is 0.322 e. The van der Waals surface area contributed by atoms with Crippen molar-refractivity contribution >= 4 is 22.5 Å². The Morgan fingerprint density at radius 3 is 2.32 bits per heavy atom. The van der Waals surface area contributed by atoms with Gasteiger partial charge < -0.3 is 9.84 Å². The van der Waals surface area contributed by atoms with Crippen LogP contribution in [0.5, 0.6) is 0 Å². The molecule has 0 spiro atoms. The number of benzene rings is 2. The molecule has 0 aliphatic carbocycles. The van der Waals surface area contributed by atoms with Gasteiger partial charge in [-0.2, -0.15) is 0 Å². The summed E-state index contributed by atoms with van der Waals surface area (Å²) in [6.45, 7) is -0.0953. The molecule has 1 fully saturated rings. The van der Waals surface area contributed by atoms with E-state index in [4.69, 9.17) is 4.74 Å². The number of carboxylic acids is 1. The van der Waals surface area contributed by atoms with Crippen molar-refractivity contribution in [2.24, 2.45) is 5.41 Å². The maximum absolute atomic E-state index is 12.4. The molecule has 2 aromatic rings. The van der Waals surface area contributed by atoms with E-state index in [2.05, 4.69) is 0 Å². The number of carboxylic acid groups (broad SMARTS) is 1. The van der Waals surface area contributed by atoms with Crippen LogP contribution in [0.2, 0.25) is 0 Å². The summed E-state index contributed by atoms with van der Waals surface area (Å²) >= 11 is 0. The zero-order valence-electron chi connectivity index (χ0n) is 10.1. The van der Waals surface area contributed by atoms with Crippen LogP contribution in [0.25, 0.3) is 10.8 Å². The highest BCUT2D eigenvalue weighted by Crippen LogP contribution is 2.32. The molecule has 0 aromatic heterocycles. The lowest BCUT2D eigenvalue weighted by molar-refractivity contribution is -0.168. The molecular formula is C15H12O4. The third kappa shape index (κ3) is 1.72. The van der Waals surface area contributed by atoms with E-state index in [9.17, 15) is 14.7 Å². The highest BCUT2D eigenvalue weighted by atomic mass is 16.5. The summed E-state index contributed by atoms with van der Waals surface area (Å²) in [5, 5.41) is 11.2. The van der Waals surface area contributed by atoms with Gasteiger partial charge in [-0.15, -0.1) is 0 Å². The van der Waals surface area contributed by atoms with Crippen LogP contribution < -0.4 is 0 Å². The fraction of sp³-hybridized carbons (Fsp3) is 0.200. The molecule has 0 unspecified atom stereocenters. The van der Waals surface area contributed by atoms with E-state index in [-0.39, 0.29) is 19.0 Å². The van der Waals surface area contributed by atoms with Crippen molar-refractivity contribution in [1.82, 2.24) is 0 Å². The lowest BCUT2D eigenvalue weighted by Crippen LogP contribution is -2.54. The van der Waals surface area contributed by atoms with Crippen LogP contribution in [0.3, 0.4) is 0 Å². The van der Waals surface area contributed by atoms with Gasteiger partial charge >= 0.3 is 5.97 Å². The number of fused-ring (bicyclic) bond motifs is 1. The minimum atomic E-state index is -1.40. The molecule has 96 valence electrons. The van der Waals surface area contributed by atoms with Gasteiger partial charge in [0.25, 0.3) is 0 Å². The lowest BCUT2D eigenvalue weighted by atomic mass is 9.78. The number of ketones is 1. The summed E-state index contributed by atoms with van der Waals surface area (Å²) in [5.41, 5.74) is -0.980. The molecule has 4 nitrogen and oxygen atoms in total. The van der Waals surface area contributed by atoms with Gasteiger partial charge in [-0.1, -0.05) is 36.4 Å². The minimum absolute atomic E-state index is 0.0476. The summed E-state index contributed by atoms with van der Waals surface area (Å²) in [7, 11) is 0. The van der Waals surface area contributed by atoms with E-state index in [0.29, 0.717) is 5.56 Å². The highest BCUT2D eigenvalue weighted by Gasteiger charge is 2.53. The van der Waals surface area contributed by atoms with Crippen molar-refractivity contribution in [2.45, 2.75) is 0 Å². The monoisotopic (exact) mass is 256 g/mol. The maximum atomic E-state index is 12.4. The van der Waals surface area contributed by atoms with Crippen molar-refractivity contribution in [1.29, 1.82) is 0 Å². The predicted octanol–water partition coefficient (Wildman–Crippen LogP) is 2.12. The van der Waals surface area contributed by atoms with Crippen LogP contribution in [-0.4, -0.2) is 30.1 Å². The molecule has 0 amide bonds. The Bertz CT molecular complexity index is 671. The second kappa shape index (κ2) is 4.17. The van der Waals surface area contributed by atoms with Gasteiger partial charge in [0.15, 0.2) is 11.2 Å². The van der Waals surface area contributed by atoms with Gasteiger partial charge in [-0.25, -0.2) is 0 Å². The molecule has 1 saturated heterocycles. The summed E-state index contributed by atoms with van der Waals surface area (Å²) in [6, 6.07) is 12.9. The molecular weight excluding hydrogens is 244 g/mol. The topological polar surface area (TPSA) is 63.6 Å². The van der Waals surface area contributed by atoms with E-state index in [0.717, 1.165) is 10.8 Å². The summed E-state index contributed by atoms with van der Waals surface area (Å²) in [4.78, 5) is 23.7. The molecule has 1 aliphatic rings. The quantitative estimate of drug-likeness (QED) is 0.675. The molecule has 0 bridgehead atoms. The summed E-state index contributed by atoms with van der Waals surface area (Å²) in [5.74, 6) is -1.49. The molecule has 0 saturated carbocycles. The minimum Gasteiger partial charge on any atom is -0.480 e. The zero-order valence-corrected chi connectivity index (χ0v) is 10.1. The van der Waals surface area contributed by atoms with Gasteiger partial charge in [0.2, 0.25) is 0 Å². The molecule has 2 aromatic carbocycles. The molecule has 0 radical (unpaired) electrons. The van der Waals surface area contributed by atoms with Crippen LogP contribution in [0.15, 0.2) is 42.5 Å². The highest BCUT2D eigenvalue weighted by molar-refractivity contribution is 6.14. The summed E-state index contributed by atoms with van der Waals surface area (Å²) in [6.07, 6.45) is 0. The molecule has 19 heavy (non-hydrogen) atoms.